The quantitative estimate of drug-likeness (QED) is 0.833. The van der Waals surface area contributed by atoms with Crippen molar-refractivity contribution in [2.24, 2.45) is 0 Å². The molecule has 0 bridgehead atoms. The van der Waals surface area contributed by atoms with Gasteiger partial charge in [0.2, 0.25) is 0 Å². The fourth-order valence-electron chi connectivity index (χ4n) is 2.03. The third-order valence-electron chi connectivity index (χ3n) is 3.14. The maximum atomic E-state index is 5.56. The molecule has 0 amide bonds. The Balaban J connectivity index is 1.68. The first-order valence-corrected chi connectivity index (χ1v) is 6.66. The lowest BCUT2D eigenvalue weighted by Gasteiger charge is -2.17. The minimum absolute atomic E-state index is 0.245. The molecule has 2 aromatic heterocycles. The molecule has 0 saturated heterocycles. The third-order valence-corrected chi connectivity index (χ3v) is 3.14. The van der Waals surface area contributed by atoms with Crippen molar-refractivity contribution in [3.8, 4) is 0 Å². The van der Waals surface area contributed by atoms with E-state index in [9.17, 15) is 0 Å². The molecule has 0 spiro atoms. The van der Waals surface area contributed by atoms with Crippen LogP contribution in [0, 0.1) is 6.92 Å². The summed E-state index contributed by atoms with van der Waals surface area (Å²) in [6, 6.07) is 8.19. The molecule has 2 aromatic rings. The van der Waals surface area contributed by atoms with Crippen molar-refractivity contribution < 1.29 is 8.83 Å². The second-order valence-corrected chi connectivity index (χ2v) is 4.94. The summed E-state index contributed by atoms with van der Waals surface area (Å²) in [7, 11) is 2.09. The number of hydrogen-bond acceptors (Lipinski definition) is 4. The molecule has 4 nitrogen and oxygen atoms in total. The van der Waals surface area contributed by atoms with Crippen molar-refractivity contribution in [3.05, 3.63) is 47.8 Å². The molecule has 0 aliphatic heterocycles. The van der Waals surface area contributed by atoms with Gasteiger partial charge in [0.15, 0.2) is 0 Å². The van der Waals surface area contributed by atoms with Gasteiger partial charge >= 0.3 is 0 Å². The van der Waals surface area contributed by atoms with E-state index in [1.165, 1.54) is 0 Å². The van der Waals surface area contributed by atoms with Crippen LogP contribution in [0.1, 0.15) is 30.2 Å². The highest BCUT2D eigenvalue weighted by molar-refractivity contribution is 5.05. The molecular formula is C15H22N2O2. The van der Waals surface area contributed by atoms with Gasteiger partial charge in [0, 0.05) is 13.1 Å². The van der Waals surface area contributed by atoms with Crippen molar-refractivity contribution >= 4 is 0 Å². The lowest BCUT2D eigenvalue weighted by atomic mass is 10.2. The Morgan fingerprint density at radius 2 is 2.16 bits per heavy atom. The number of aryl methyl sites for hydroxylation is 1. The molecule has 2 heterocycles. The number of nitrogens with one attached hydrogen (secondary N) is 1. The summed E-state index contributed by atoms with van der Waals surface area (Å²) in [5, 5.41) is 3.44. The van der Waals surface area contributed by atoms with Crippen LogP contribution in [0.3, 0.4) is 0 Å². The lowest BCUT2D eigenvalue weighted by molar-refractivity contribution is 0.284. The first-order valence-electron chi connectivity index (χ1n) is 6.66. The van der Waals surface area contributed by atoms with E-state index in [4.69, 9.17) is 8.83 Å². The summed E-state index contributed by atoms with van der Waals surface area (Å²) in [5.41, 5.74) is 0. The zero-order chi connectivity index (χ0) is 13.7. The van der Waals surface area contributed by atoms with Gasteiger partial charge in [-0.1, -0.05) is 0 Å². The van der Waals surface area contributed by atoms with E-state index >= 15 is 0 Å². The summed E-state index contributed by atoms with van der Waals surface area (Å²) in [4.78, 5) is 2.24. The minimum Gasteiger partial charge on any atom is -0.468 e. The summed E-state index contributed by atoms with van der Waals surface area (Å²) < 4.78 is 10.9. The molecule has 104 valence electrons. The minimum atomic E-state index is 0.245. The predicted octanol–water partition coefficient (Wildman–Crippen LogP) is 2.96. The van der Waals surface area contributed by atoms with Gasteiger partial charge in [-0.15, -0.1) is 0 Å². The SMILES string of the molecule is Cc1ccc(CN(C)CCNC(C)c2ccco2)o1. The second kappa shape index (κ2) is 6.59. The Hall–Kier alpha value is -1.52. The number of nitrogens with zero attached hydrogens (tertiary/aromatic N) is 1. The molecule has 0 saturated carbocycles. The lowest BCUT2D eigenvalue weighted by Crippen LogP contribution is -2.30. The predicted molar refractivity (Wildman–Crippen MR) is 74.9 cm³/mol. The van der Waals surface area contributed by atoms with Crippen LogP contribution in [0.2, 0.25) is 0 Å². The van der Waals surface area contributed by atoms with Gasteiger partial charge in [0.25, 0.3) is 0 Å². The van der Waals surface area contributed by atoms with Crippen molar-refractivity contribution in [2.45, 2.75) is 26.4 Å². The van der Waals surface area contributed by atoms with E-state index in [1.54, 1.807) is 6.26 Å². The van der Waals surface area contributed by atoms with Crippen LogP contribution in [0.4, 0.5) is 0 Å². The topological polar surface area (TPSA) is 41.5 Å². The van der Waals surface area contributed by atoms with E-state index < -0.39 is 0 Å². The molecule has 0 radical (unpaired) electrons. The molecule has 1 atom stereocenters. The number of rotatable bonds is 7. The van der Waals surface area contributed by atoms with E-state index in [1.807, 2.05) is 31.2 Å². The maximum Gasteiger partial charge on any atom is 0.120 e. The van der Waals surface area contributed by atoms with Gasteiger partial charge in [-0.05, 0) is 45.2 Å². The molecule has 19 heavy (non-hydrogen) atoms. The second-order valence-electron chi connectivity index (χ2n) is 4.94. The Bertz CT molecular complexity index is 476. The third kappa shape index (κ3) is 4.26. The molecule has 1 unspecified atom stereocenters. The molecule has 1 N–H and O–H groups in total. The highest BCUT2D eigenvalue weighted by Crippen LogP contribution is 2.12. The highest BCUT2D eigenvalue weighted by atomic mass is 16.3. The Labute approximate surface area is 114 Å². The molecular weight excluding hydrogens is 240 g/mol. The van der Waals surface area contributed by atoms with Gasteiger partial charge in [-0.25, -0.2) is 0 Å². The van der Waals surface area contributed by atoms with E-state index in [0.717, 1.165) is 36.9 Å². The van der Waals surface area contributed by atoms with Crippen LogP contribution in [-0.4, -0.2) is 25.0 Å². The van der Waals surface area contributed by atoms with Crippen molar-refractivity contribution in [2.75, 3.05) is 20.1 Å². The largest absolute Gasteiger partial charge is 0.468 e. The van der Waals surface area contributed by atoms with Gasteiger partial charge < -0.3 is 14.2 Å². The van der Waals surface area contributed by atoms with Crippen LogP contribution in [0.25, 0.3) is 0 Å². The van der Waals surface area contributed by atoms with Crippen LogP contribution in [0.5, 0.6) is 0 Å². The molecule has 0 aromatic carbocycles. The van der Waals surface area contributed by atoms with E-state index in [2.05, 4.69) is 24.2 Å². The fraction of sp³-hybridized carbons (Fsp3) is 0.467. The van der Waals surface area contributed by atoms with Crippen LogP contribution in [-0.2, 0) is 6.54 Å². The molecule has 0 aliphatic rings. The highest BCUT2D eigenvalue weighted by Gasteiger charge is 2.08. The molecule has 4 heteroatoms. The number of hydrogen-bond donors (Lipinski definition) is 1. The number of furan rings is 2. The average molecular weight is 262 g/mol. The normalized spacial score (nSPS) is 13.1. The van der Waals surface area contributed by atoms with Crippen LogP contribution in [0.15, 0.2) is 39.4 Å². The fourth-order valence-corrected chi connectivity index (χ4v) is 2.03. The van der Waals surface area contributed by atoms with Crippen molar-refractivity contribution in [1.82, 2.24) is 10.2 Å². The number of likely N-dealkylation sites (N-methyl/N-ethyl adjacent to an activating group) is 1. The smallest absolute Gasteiger partial charge is 0.120 e. The Kier molecular flexibility index (Phi) is 4.82. The first-order chi connectivity index (χ1) is 9.15. The van der Waals surface area contributed by atoms with Crippen molar-refractivity contribution in [1.29, 1.82) is 0 Å². The van der Waals surface area contributed by atoms with Crippen LogP contribution < -0.4 is 5.32 Å². The Morgan fingerprint density at radius 3 is 2.79 bits per heavy atom. The first kappa shape index (κ1) is 13.9. The standard InChI is InChI=1S/C15H22N2O2/c1-12-6-7-14(19-12)11-17(3)9-8-16-13(2)15-5-4-10-18-15/h4-7,10,13,16H,8-9,11H2,1-3H3. The molecule has 0 aliphatic carbocycles. The summed E-state index contributed by atoms with van der Waals surface area (Å²) in [6.07, 6.45) is 1.71. The zero-order valence-corrected chi connectivity index (χ0v) is 11.8. The summed E-state index contributed by atoms with van der Waals surface area (Å²) in [5.74, 6) is 2.95. The monoisotopic (exact) mass is 262 g/mol. The van der Waals surface area contributed by atoms with E-state index in [-0.39, 0.29) is 6.04 Å². The van der Waals surface area contributed by atoms with Gasteiger partial charge in [0.05, 0.1) is 18.8 Å². The van der Waals surface area contributed by atoms with Crippen LogP contribution >= 0.6 is 0 Å². The van der Waals surface area contributed by atoms with E-state index in [0.29, 0.717) is 0 Å². The Morgan fingerprint density at radius 1 is 1.32 bits per heavy atom. The maximum absolute atomic E-state index is 5.56. The molecule has 0 fully saturated rings. The van der Waals surface area contributed by atoms with Gasteiger partial charge in [-0.2, -0.15) is 0 Å². The zero-order valence-electron chi connectivity index (χ0n) is 11.8. The average Bonchev–Trinajstić information content (AvgIpc) is 3.00. The summed E-state index contributed by atoms with van der Waals surface area (Å²) >= 11 is 0. The van der Waals surface area contributed by atoms with Gasteiger partial charge in [-0.3, -0.25) is 4.90 Å². The van der Waals surface area contributed by atoms with Crippen molar-refractivity contribution in [3.63, 3.8) is 0 Å². The van der Waals surface area contributed by atoms with Gasteiger partial charge in [0.1, 0.15) is 17.3 Å². The molecule has 2 rings (SSSR count). The summed E-state index contributed by atoms with van der Waals surface area (Å²) in [6.45, 7) is 6.79.